The van der Waals surface area contributed by atoms with Crippen LogP contribution in [0.1, 0.15) is 28.3 Å². The number of ketones is 1. The van der Waals surface area contributed by atoms with Gasteiger partial charge in [0.1, 0.15) is 17.3 Å². The van der Waals surface area contributed by atoms with Gasteiger partial charge >= 0.3 is 0 Å². The largest absolute Gasteiger partial charge is 0.508 e. The Morgan fingerprint density at radius 3 is 2.50 bits per heavy atom. The molecule has 34 heavy (non-hydrogen) atoms. The smallest absolute Gasteiger partial charge is 0.295 e. The summed E-state index contributed by atoms with van der Waals surface area (Å²) in [6.45, 7) is 0.842. The number of aromatic hydroxyl groups is 1. The normalized spacial score (nSPS) is 18.7. The summed E-state index contributed by atoms with van der Waals surface area (Å²) in [5.74, 6) is -0.794. The van der Waals surface area contributed by atoms with E-state index >= 15 is 0 Å². The van der Waals surface area contributed by atoms with Crippen molar-refractivity contribution in [3.63, 3.8) is 0 Å². The number of hydrogen-bond acceptors (Lipinski definition) is 5. The number of phenolic OH excluding ortho intramolecular Hbond substituents is 1. The van der Waals surface area contributed by atoms with Gasteiger partial charge in [-0.25, -0.2) is 0 Å². The summed E-state index contributed by atoms with van der Waals surface area (Å²) in [6, 6.07) is 18.1. The number of Topliss-reactive ketones (excluding diaryl/α,β-unsaturated/α-hetero) is 1. The third kappa shape index (κ3) is 4.01. The SMILES string of the molecule is O=C1C(=O)N(CCc2ccc(Cl)cc2)C(c2ccc(O)cc2)/C1=C(/O)c1ccc2c(c1)CCO2. The number of carbonyl (C=O) groups excluding carboxylic acids is 2. The summed E-state index contributed by atoms with van der Waals surface area (Å²) in [5, 5.41) is 21.6. The van der Waals surface area contributed by atoms with Crippen LogP contribution in [0.3, 0.4) is 0 Å². The van der Waals surface area contributed by atoms with Crippen molar-refractivity contribution in [1.82, 2.24) is 4.90 Å². The molecule has 7 heteroatoms. The van der Waals surface area contributed by atoms with Gasteiger partial charge < -0.3 is 19.8 Å². The second-order valence-electron chi connectivity index (χ2n) is 8.38. The number of ether oxygens (including phenoxy) is 1. The van der Waals surface area contributed by atoms with Gasteiger partial charge in [-0.3, -0.25) is 9.59 Å². The third-order valence-corrected chi connectivity index (χ3v) is 6.52. The molecule has 1 saturated heterocycles. The summed E-state index contributed by atoms with van der Waals surface area (Å²) in [5.41, 5.74) is 3.03. The highest BCUT2D eigenvalue weighted by Gasteiger charge is 2.45. The van der Waals surface area contributed by atoms with Crippen molar-refractivity contribution in [3.05, 3.63) is 99.6 Å². The molecule has 0 saturated carbocycles. The lowest BCUT2D eigenvalue weighted by atomic mass is 9.94. The van der Waals surface area contributed by atoms with E-state index in [2.05, 4.69) is 0 Å². The van der Waals surface area contributed by atoms with Crippen molar-refractivity contribution in [2.24, 2.45) is 0 Å². The summed E-state index contributed by atoms with van der Waals surface area (Å²) >= 11 is 5.97. The first-order valence-electron chi connectivity index (χ1n) is 11.0. The highest BCUT2D eigenvalue weighted by Crippen LogP contribution is 2.40. The van der Waals surface area contributed by atoms with E-state index in [1.165, 1.54) is 17.0 Å². The Morgan fingerprint density at radius 2 is 1.76 bits per heavy atom. The number of benzene rings is 3. The van der Waals surface area contributed by atoms with Gasteiger partial charge in [-0.1, -0.05) is 35.9 Å². The van der Waals surface area contributed by atoms with E-state index in [4.69, 9.17) is 16.3 Å². The first kappa shape index (κ1) is 22.0. The molecular weight excluding hydrogens is 454 g/mol. The first-order chi connectivity index (χ1) is 16.4. The van der Waals surface area contributed by atoms with Crippen molar-refractivity contribution in [2.45, 2.75) is 18.9 Å². The fraction of sp³-hybridized carbons (Fsp3) is 0.185. The minimum absolute atomic E-state index is 0.0330. The predicted octanol–water partition coefficient (Wildman–Crippen LogP) is 4.64. The average molecular weight is 476 g/mol. The molecule has 1 unspecified atom stereocenters. The molecule has 2 aliphatic rings. The maximum absolute atomic E-state index is 13.2. The zero-order valence-corrected chi connectivity index (χ0v) is 19.0. The molecule has 0 aliphatic carbocycles. The minimum atomic E-state index is -0.780. The summed E-state index contributed by atoms with van der Waals surface area (Å²) in [7, 11) is 0. The molecular formula is C27H22ClNO5. The monoisotopic (exact) mass is 475 g/mol. The van der Waals surface area contributed by atoms with Crippen LogP contribution in [0.15, 0.2) is 72.3 Å². The second-order valence-corrected chi connectivity index (χ2v) is 8.82. The number of phenols is 1. The number of halogens is 1. The fourth-order valence-corrected chi connectivity index (χ4v) is 4.63. The molecule has 0 radical (unpaired) electrons. The Balaban J connectivity index is 1.56. The molecule has 0 aromatic heterocycles. The number of fused-ring (bicyclic) bond motifs is 1. The van der Waals surface area contributed by atoms with E-state index in [0.29, 0.717) is 35.6 Å². The molecule has 2 N–H and O–H groups in total. The van der Waals surface area contributed by atoms with E-state index in [0.717, 1.165) is 16.9 Å². The van der Waals surface area contributed by atoms with E-state index in [9.17, 15) is 19.8 Å². The van der Waals surface area contributed by atoms with Gasteiger partial charge in [0, 0.05) is 23.6 Å². The molecule has 3 aromatic carbocycles. The molecule has 0 spiro atoms. The lowest BCUT2D eigenvalue weighted by molar-refractivity contribution is -0.139. The van der Waals surface area contributed by atoms with Crippen molar-refractivity contribution in [3.8, 4) is 11.5 Å². The average Bonchev–Trinajstić information content (AvgIpc) is 3.41. The Labute approximate surface area is 201 Å². The Kier molecular flexibility index (Phi) is 5.75. The maximum atomic E-state index is 13.2. The Bertz CT molecular complexity index is 1300. The molecule has 1 amide bonds. The van der Waals surface area contributed by atoms with E-state index in [1.807, 2.05) is 12.1 Å². The molecule has 5 rings (SSSR count). The van der Waals surface area contributed by atoms with Gasteiger partial charge in [-0.05, 0) is 65.6 Å². The fourth-order valence-electron chi connectivity index (χ4n) is 4.50. The van der Waals surface area contributed by atoms with Gasteiger partial charge in [0.05, 0.1) is 18.2 Å². The molecule has 3 aromatic rings. The number of carbonyl (C=O) groups is 2. The van der Waals surface area contributed by atoms with Crippen molar-refractivity contribution < 1.29 is 24.5 Å². The Morgan fingerprint density at radius 1 is 1.03 bits per heavy atom. The van der Waals surface area contributed by atoms with Gasteiger partial charge in [-0.2, -0.15) is 0 Å². The van der Waals surface area contributed by atoms with Crippen LogP contribution < -0.4 is 4.74 Å². The van der Waals surface area contributed by atoms with Crippen LogP contribution >= 0.6 is 11.6 Å². The molecule has 6 nitrogen and oxygen atoms in total. The lowest BCUT2D eigenvalue weighted by Crippen LogP contribution is -2.31. The highest BCUT2D eigenvalue weighted by atomic mass is 35.5. The molecule has 1 atom stereocenters. The van der Waals surface area contributed by atoms with Crippen molar-refractivity contribution in [2.75, 3.05) is 13.2 Å². The number of rotatable bonds is 5. The van der Waals surface area contributed by atoms with E-state index in [-0.39, 0.29) is 23.6 Å². The number of likely N-dealkylation sites (tertiary alicyclic amines) is 1. The van der Waals surface area contributed by atoms with Crippen LogP contribution in [-0.4, -0.2) is 40.0 Å². The first-order valence-corrected chi connectivity index (χ1v) is 11.4. The van der Waals surface area contributed by atoms with Crippen LogP contribution in [0.2, 0.25) is 5.02 Å². The molecule has 1 fully saturated rings. The number of hydrogen-bond donors (Lipinski definition) is 2. The number of nitrogens with zero attached hydrogens (tertiary/aromatic N) is 1. The van der Waals surface area contributed by atoms with Crippen molar-refractivity contribution >= 4 is 29.1 Å². The van der Waals surface area contributed by atoms with Crippen LogP contribution in [0.5, 0.6) is 11.5 Å². The quantitative estimate of drug-likeness (QED) is 0.319. The minimum Gasteiger partial charge on any atom is -0.508 e. The summed E-state index contributed by atoms with van der Waals surface area (Å²) < 4.78 is 5.54. The molecule has 2 heterocycles. The summed E-state index contributed by atoms with van der Waals surface area (Å²) in [6.07, 6.45) is 1.22. The zero-order valence-electron chi connectivity index (χ0n) is 18.2. The van der Waals surface area contributed by atoms with Crippen LogP contribution in [-0.2, 0) is 22.4 Å². The van der Waals surface area contributed by atoms with Crippen LogP contribution in [0, 0.1) is 0 Å². The topological polar surface area (TPSA) is 87.1 Å². The summed E-state index contributed by atoms with van der Waals surface area (Å²) in [4.78, 5) is 27.8. The molecule has 0 bridgehead atoms. The number of aliphatic hydroxyl groups is 1. The number of amides is 1. The van der Waals surface area contributed by atoms with Gasteiger partial charge in [-0.15, -0.1) is 0 Å². The Hall–Kier alpha value is -3.77. The van der Waals surface area contributed by atoms with Gasteiger partial charge in [0.2, 0.25) is 0 Å². The zero-order chi connectivity index (χ0) is 23.8. The van der Waals surface area contributed by atoms with Crippen molar-refractivity contribution in [1.29, 1.82) is 0 Å². The number of aliphatic hydroxyl groups excluding tert-OH is 1. The molecule has 2 aliphatic heterocycles. The van der Waals surface area contributed by atoms with E-state index in [1.54, 1.807) is 42.5 Å². The lowest BCUT2D eigenvalue weighted by Gasteiger charge is -2.25. The standard InChI is InChI=1S/C27H22ClNO5/c28-20-6-1-16(2-7-20)11-13-29-24(17-3-8-21(30)9-4-17)23(26(32)27(29)33)25(31)19-5-10-22-18(15-19)12-14-34-22/h1-10,15,24,30-31H,11-14H2/b25-23-. The maximum Gasteiger partial charge on any atom is 0.295 e. The van der Waals surface area contributed by atoms with Crippen LogP contribution in [0.4, 0.5) is 0 Å². The van der Waals surface area contributed by atoms with E-state index < -0.39 is 17.7 Å². The third-order valence-electron chi connectivity index (χ3n) is 6.27. The second kappa shape index (κ2) is 8.88. The van der Waals surface area contributed by atoms with Crippen LogP contribution in [0.25, 0.3) is 5.76 Å². The van der Waals surface area contributed by atoms with Gasteiger partial charge in [0.15, 0.2) is 0 Å². The molecule has 172 valence electrons. The van der Waals surface area contributed by atoms with Gasteiger partial charge in [0.25, 0.3) is 11.7 Å². The predicted molar refractivity (Wildman–Crippen MR) is 128 cm³/mol. The highest BCUT2D eigenvalue weighted by molar-refractivity contribution is 6.46.